The summed E-state index contributed by atoms with van der Waals surface area (Å²) in [5.41, 5.74) is 1.46. The number of para-hydroxylation sites is 1. The van der Waals surface area contributed by atoms with Crippen LogP contribution in [0.4, 0.5) is 4.79 Å². The van der Waals surface area contributed by atoms with Gasteiger partial charge < -0.3 is 15.7 Å². The lowest BCUT2D eigenvalue weighted by molar-refractivity contribution is 0.0594. The highest BCUT2D eigenvalue weighted by Crippen LogP contribution is 2.19. The van der Waals surface area contributed by atoms with E-state index in [-0.39, 0.29) is 12.6 Å². The largest absolute Gasteiger partial charge is 0.384 e. The summed E-state index contributed by atoms with van der Waals surface area (Å²) in [4.78, 5) is 16.4. The molecule has 0 saturated carbocycles. The lowest BCUT2D eigenvalue weighted by atomic mass is 9.96. The fourth-order valence-corrected chi connectivity index (χ4v) is 2.70. The fourth-order valence-electron chi connectivity index (χ4n) is 2.70. The minimum atomic E-state index is -1.13. The summed E-state index contributed by atoms with van der Waals surface area (Å²) in [5, 5.41) is 17.1. The van der Waals surface area contributed by atoms with Gasteiger partial charge in [0.15, 0.2) is 0 Å². The number of pyridine rings is 1. The van der Waals surface area contributed by atoms with Gasteiger partial charge in [-0.25, -0.2) is 4.79 Å². The topological polar surface area (TPSA) is 74.2 Å². The van der Waals surface area contributed by atoms with E-state index in [0.29, 0.717) is 6.54 Å². The molecular formula is C20H21N3O2. The molecule has 0 aliphatic heterocycles. The minimum absolute atomic E-state index is 0.122. The number of urea groups is 1. The third kappa shape index (κ3) is 4.14. The highest BCUT2D eigenvalue weighted by Gasteiger charge is 2.23. The molecule has 0 fully saturated rings. The molecule has 0 spiro atoms. The molecule has 0 bridgehead atoms. The average molecular weight is 335 g/mol. The first-order valence-corrected chi connectivity index (χ1v) is 8.18. The van der Waals surface area contributed by atoms with E-state index in [1.54, 1.807) is 13.1 Å². The second-order valence-corrected chi connectivity index (χ2v) is 6.17. The van der Waals surface area contributed by atoms with Crippen LogP contribution in [0.3, 0.4) is 0 Å². The lowest BCUT2D eigenvalue weighted by Gasteiger charge is -2.24. The zero-order chi connectivity index (χ0) is 17.7. The molecule has 3 N–H and O–H groups in total. The van der Waals surface area contributed by atoms with Crippen LogP contribution in [0.1, 0.15) is 18.1 Å². The van der Waals surface area contributed by atoms with Crippen LogP contribution in [0, 0.1) is 0 Å². The normalized spacial score (nSPS) is 13.2. The Morgan fingerprint density at radius 3 is 2.60 bits per heavy atom. The molecule has 0 radical (unpaired) electrons. The Morgan fingerprint density at radius 1 is 1.04 bits per heavy atom. The van der Waals surface area contributed by atoms with Gasteiger partial charge in [0.2, 0.25) is 0 Å². The molecular weight excluding hydrogens is 314 g/mol. The summed E-state index contributed by atoms with van der Waals surface area (Å²) in [7, 11) is 0. The molecule has 0 aliphatic carbocycles. The molecule has 5 nitrogen and oxygen atoms in total. The van der Waals surface area contributed by atoms with E-state index in [9.17, 15) is 9.90 Å². The van der Waals surface area contributed by atoms with Gasteiger partial charge in [-0.1, -0.05) is 54.6 Å². The second kappa shape index (κ2) is 7.32. The number of rotatable bonds is 5. The summed E-state index contributed by atoms with van der Waals surface area (Å²) in [5.74, 6) is 0. The van der Waals surface area contributed by atoms with Gasteiger partial charge in [0, 0.05) is 18.1 Å². The molecule has 0 aliphatic rings. The van der Waals surface area contributed by atoms with Crippen molar-refractivity contribution in [3.63, 3.8) is 0 Å². The van der Waals surface area contributed by atoms with Crippen molar-refractivity contribution in [2.24, 2.45) is 0 Å². The van der Waals surface area contributed by atoms with E-state index in [0.717, 1.165) is 22.0 Å². The predicted octanol–water partition coefficient (Wildman–Crippen LogP) is 2.94. The number of fused-ring (bicyclic) bond motifs is 1. The zero-order valence-electron chi connectivity index (χ0n) is 14.1. The molecule has 3 aromatic rings. The Balaban J connectivity index is 1.58. The molecule has 3 rings (SSSR count). The maximum Gasteiger partial charge on any atom is 0.315 e. The van der Waals surface area contributed by atoms with Crippen molar-refractivity contribution >= 4 is 16.9 Å². The van der Waals surface area contributed by atoms with Crippen LogP contribution >= 0.6 is 0 Å². The molecule has 2 amide bonds. The van der Waals surface area contributed by atoms with Gasteiger partial charge in [-0.15, -0.1) is 0 Å². The minimum Gasteiger partial charge on any atom is -0.384 e. The van der Waals surface area contributed by atoms with Crippen LogP contribution in [0.15, 0.2) is 66.9 Å². The van der Waals surface area contributed by atoms with Crippen LogP contribution in [-0.4, -0.2) is 22.7 Å². The van der Waals surface area contributed by atoms with Gasteiger partial charge in [-0.3, -0.25) is 4.98 Å². The molecule has 0 saturated heterocycles. The summed E-state index contributed by atoms with van der Waals surface area (Å²) < 4.78 is 0. The van der Waals surface area contributed by atoms with Crippen LogP contribution in [-0.2, 0) is 12.1 Å². The average Bonchev–Trinajstić information content (AvgIpc) is 2.65. The molecule has 0 unspecified atom stereocenters. The van der Waals surface area contributed by atoms with Crippen LogP contribution < -0.4 is 10.6 Å². The molecule has 128 valence electrons. The maximum absolute atomic E-state index is 12.1. The molecule has 1 heterocycles. The molecule has 5 heteroatoms. The number of hydrogen-bond donors (Lipinski definition) is 3. The van der Waals surface area contributed by atoms with Crippen molar-refractivity contribution in [2.45, 2.75) is 19.1 Å². The van der Waals surface area contributed by atoms with Gasteiger partial charge in [0.25, 0.3) is 0 Å². The number of aliphatic hydroxyl groups is 1. The third-order valence-corrected chi connectivity index (χ3v) is 4.14. The van der Waals surface area contributed by atoms with Crippen molar-refractivity contribution in [2.75, 3.05) is 6.54 Å². The van der Waals surface area contributed by atoms with Crippen LogP contribution in [0.2, 0.25) is 0 Å². The Hall–Kier alpha value is -2.92. The smallest absolute Gasteiger partial charge is 0.315 e. The molecule has 1 aromatic heterocycles. The Bertz CT molecular complexity index is 858. The van der Waals surface area contributed by atoms with Gasteiger partial charge in [0.1, 0.15) is 5.60 Å². The standard InChI is InChI=1S/C20H21N3O2/c1-20(25,17-10-3-2-4-11-17)14-23-19(24)22-13-16-8-5-7-15-9-6-12-21-18(15)16/h2-12,25H,13-14H2,1H3,(H2,22,23,24)/t20-/m0/s1. The van der Waals surface area contributed by atoms with E-state index in [1.807, 2.05) is 60.7 Å². The van der Waals surface area contributed by atoms with Crippen molar-refractivity contribution in [3.05, 3.63) is 78.0 Å². The Morgan fingerprint density at radius 2 is 1.80 bits per heavy atom. The Kier molecular flexibility index (Phi) is 4.95. The number of benzene rings is 2. The van der Waals surface area contributed by atoms with E-state index in [4.69, 9.17) is 0 Å². The van der Waals surface area contributed by atoms with Crippen LogP contribution in [0.5, 0.6) is 0 Å². The van der Waals surface area contributed by atoms with Gasteiger partial charge in [-0.2, -0.15) is 0 Å². The van der Waals surface area contributed by atoms with E-state index >= 15 is 0 Å². The number of amides is 2. The fraction of sp³-hybridized carbons (Fsp3) is 0.200. The van der Waals surface area contributed by atoms with Crippen molar-refractivity contribution in [1.29, 1.82) is 0 Å². The third-order valence-electron chi connectivity index (χ3n) is 4.14. The number of aromatic nitrogens is 1. The van der Waals surface area contributed by atoms with E-state index in [1.165, 1.54) is 0 Å². The van der Waals surface area contributed by atoms with Gasteiger partial charge in [-0.05, 0) is 24.1 Å². The molecule has 25 heavy (non-hydrogen) atoms. The summed E-state index contributed by atoms with van der Waals surface area (Å²) in [6.07, 6.45) is 1.74. The van der Waals surface area contributed by atoms with E-state index in [2.05, 4.69) is 15.6 Å². The van der Waals surface area contributed by atoms with Gasteiger partial charge in [0.05, 0.1) is 12.1 Å². The van der Waals surface area contributed by atoms with Crippen molar-refractivity contribution in [1.82, 2.24) is 15.6 Å². The maximum atomic E-state index is 12.1. The van der Waals surface area contributed by atoms with E-state index < -0.39 is 5.60 Å². The van der Waals surface area contributed by atoms with Gasteiger partial charge >= 0.3 is 6.03 Å². The van der Waals surface area contributed by atoms with Crippen molar-refractivity contribution < 1.29 is 9.90 Å². The monoisotopic (exact) mass is 335 g/mol. The first-order valence-electron chi connectivity index (χ1n) is 8.18. The first kappa shape index (κ1) is 16.9. The predicted molar refractivity (Wildman–Crippen MR) is 98.0 cm³/mol. The second-order valence-electron chi connectivity index (χ2n) is 6.17. The number of nitrogens with zero attached hydrogens (tertiary/aromatic N) is 1. The highest BCUT2D eigenvalue weighted by atomic mass is 16.3. The molecule has 2 aromatic carbocycles. The highest BCUT2D eigenvalue weighted by molar-refractivity contribution is 5.82. The van der Waals surface area contributed by atoms with Crippen molar-refractivity contribution in [3.8, 4) is 0 Å². The molecule has 1 atom stereocenters. The summed E-state index contributed by atoms with van der Waals surface area (Å²) in [6.45, 7) is 2.17. The Labute approximate surface area is 146 Å². The number of nitrogens with one attached hydrogen (secondary N) is 2. The summed E-state index contributed by atoms with van der Waals surface area (Å²) in [6, 6.07) is 18.7. The lowest BCUT2D eigenvalue weighted by Crippen LogP contribution is -2.43. The summed E-state index contributed by atoms with van der Waals surface area (Å²) >= 11 is 0. The number of hydrogen-bond acceptors (Lipinski definition) is 3. The SMILES string of the molecule is C[C@](O)(CNC(=O)NCc1cccc2cccnc12)c1ccccc1. The number of carbonyl (C=O) groups excluding carboxylic acids is 1. The quantitative estimate of drug-likeness (QED) is 0.671. The van der Waals surface area contributed by atoms with Crippen LogP contribution in [0.25, 0.3) is 10.9 Å². The zero-order valence-corrected chi connectivity index (χ0v) is 14.1. The number of carbonyl (C=O) groups is 1. The first-order chi connectivity index (χ1) is 12.1.